The van der Waals surface area contributed by atoms with Crippen LogP contribution < -0.4 is 0 Å². The van der Waals surface area contributed by atoms with Crippen LogP contribution in [0.3, 0.4) is 0 Å². The fourth-order valence-corrected chi connectivity index (χ4v) is 3.08. The first-order chi connectivity index (χ1) is 11.6. The molecule has 5 heteroatoms. The number of hydrogen-bond acceptors (Lipinski definition) is 5. The Bertz CT molecular complexity index is 666. The molecular formula is C20H26O5. The predicted molar refractivity (Wildman–Crippen MR) is 93.7 cm³/mol. The Balaban J connectivity index is 2.31. The highest BCUT2D eigenvalue weighted by atomic mass is 16.5. The maximum atomic E-state index is 12.4. The molecule has 0 radical (unpaired) electrons. The monoisotopic (exact) mass is 346 g/mol. The summed E-state index contributed by atoms with van der Waals surface area (Å²) in [6.07, 6.45) is 4.49. The van der Waals surface area contributed by atoms with E-state index < -0.39 is 17.5 Å². The average molecular weight is 346 g/mol. The van der Waals surface area contributed by atoms with E-state index in [4.69, 9.17) is 4.74 Å². The summed E-state index contributed by atoms with van der Waals surface area (Å²) in [4.78, 5) is 36.7. The Morgan fingerprint density at radius 3 is 2.64 bits per heavy atom. The summed E-state index contributed by atoms with van der Waals surface area (Å²) in [5.74, 6) is -1.07. The molecule has 0 spiro atoms. The Morgan fingerprint density at radius 1 is 1.32 bits per heavy atom. The summed E-state index contributed by atoms with van der Waals surface area (Å²) >= 11 is 0. The number of carbonyl (C=O) groups is 3. The number of fused-ring (bicyclic) bond motifs is 1. The van der Waals surface area contributed by atoms with E-state index in [-0.39, 0.29) is 30.5 Å². The molecule has 136 valence electrons. The van der Waals surface area contributed by atoms with Gasteiger partial charge in [-0.1, -0.05) is 12.2 Å². The maximum Gasteiger partial charge on any atom is 0.334 e. The van der Waals surface area contributed by atoms with Crippen LogP contribution in [0.5, 0.6) is 0 Å². The van der Waals surface area contributed by atoms with Gasteiger partial charge in [0.25, 0.3) is 0 Å². The molecule has 1 N–H and O–H groups in total. The minimum absolute atomic E-state index is 0.0675. The fourth-order valence-electron chi connectivity index (χ4n) is 3.08. The first kappa shape index (κ1) is 19.3. The van der Waals surface area contributed by atoms with Crippen LogP contribution in [-0.2, 0) is 19.1 Å². The van der Waals surface area contributed by atoms with Gasteiger partial charge in [0.2, 0.25) is 0 Å². The lowest BCUT2D eigenvalue weighted by molar-refractivity contribution is -0.140. The zero-order valence-electron chi connectivity index (χ0n) is 15.1. The van der Waals surface area contributed by atoms with E-state index in [0.717, 1.165) is 5.57 Å². The van der Waals surface area contributed by atoms with Gasteiger partial charge in [-0.3, -0.25) is 9.59 Å². The third kappa shape index (κ3) is 4.75. The van der Waals surface area contributed by atoms with Crippen LogP contribution in [0.4, 0.5) is 0 Å². The van der Waals surface area contributed by atoms with Gasteiger partial charge in [0.05, 0.1) is 0 Å². The number of hydrogen-bond donors (Lipinski definition) is 1. The quantitative estimate of drug-likeness (QED) is 0.583. The smallest absolute Gasteiger partial charge is 0.334 e. The minimum atomic E-state index is -1.59. The van der Waals surface area contributed by atoms with Crippen LogP contribution >= 0.6 is 0 Å². The molecule has 0 aromatic heterocycles. The molecule has 1 aliphatic heterocycles. The normalized spacial score (nSPS) is 31.8. The van der Waals surface area contributed by atoms with Gasteiger partial charge >= 0.3 is 5.97 Å². The number of esters is 1. The third-order valence-electron chi connectivity index (χ3n) is 5.03. The van der Waals surface area contributed by atoms with Crippen molar-refractivity contribution in [2.45, 2.75) is 64.6 Å². The molecule has 2 rings (SSSR count). The Labute approximate surface area is 148 Å². The molecule has 3 atom stereocenters. The van der Waals surface area contributed by atoms with Gasteiger partial charge in [0, 0.05) is 12.0 Å². The molecule has 0 aromatic rings. The number of ether oxygens (including phenoxy) is 1. The highest BCUT2D eigenvalue weighted by molar-refractivity contribution is 6.05. The van der Waals surface area contributed by atoms with Crippen molar-refractivity contribution in [3.8, 4) is 0 Å². The zero-order valence-corrected chi connectivity index (χ0v) is 15.1. The van der Waals surface area contributed by atoms with Gasteiger partial charge in [-0.2, -0.15) is 0 Å². The molecule has 2 bridgehead atoms. The minimum Gasteiger partial charge on any atom is -0.455 e. The SMILES string of the molecule is C=C(C)C1CCC2=CC(CCC(C)(O)C(=O)C=C(C)C(=O)C1)OC2=O. The highest BCUT2D eigenvalue weighted by Gasteiger charge is 2.33. The van der Waals surface area contributed by atoms with E-state index in [1.165, 1.54) is 13.0 Å². The summed E-state index contributed by atoms with van der Waals surface area (Å²) in [7, 11) is 0. The number of ketones is 2. The first-order valence-corrected chi connectivity index (χ1v) is 8.65. The lowest BCUT2D eigenvalue weighted by Crippen LogP contribution is -2.35. The van der Waals surface area contributed by atoms with Crippen molar-refractivity contribution >= 4 is 17.5 Å². The number of allylic oxidation sites excluding steroid dienone is 2. The highest BCUT2D eigenvalue weighted by Crippen LogP contribution is 2.29. The van der Waals surface area contributed by atoms with Gasteiger partial charge in [-0.15, -0.1) is 0 Å². The van der Waals surface area contributed by atoms with Crippen molar-refractivity contribution < 1.29 is 24.2 Å². The number of carbonyl (C=O) groups excluding carboxylic acids is 3. The summed E-state index contributed by atoms with van der Waals surface area (Å²) in [6, 6.07) is 0. The van der Waals surface area contributed by atoms with Crippen molar-refractivity contribution in [2.24, 2.45) is 5.92 Å². The third-order valence-corrected chi connectivity index (χ3v) is 5.03. The Morgan fingerprint density at radius 2 is 2.00 bits per heavy atom. The van der Waals surface area contributed by atoms with Gasteiger partial charge in [-0.05, 0) is 70.1 Å². The Kier molecular flexibility index (Phi) is 5.78. The fraction of sp³-hybridized carbons (Fsp3) is 0.550. The van der Waals surface area contributed by atoms with Gasteiger partial charge in [0.15, 0.2) is 11.6 Å². The molecular weight excluding hydrogens is 320 g/mol. The van der Waals surface area contributed by atoms with Gasteiger partial charge in [-0.25, -0.2) is 4.79 Å². The molecule has 0 saturated heterocycles. The van der Waals surface area contributed by atoms with E-state index in [2.05, 4.69) is 6.58 Å². The van der Waals surface area contributed by atoms with Crippen LogP contribution in [-0.4, -0.2) is 34.3 Å². The number of Topliss-reactive ketones (excluding diaryl/α,β-unsaturated/α-hetero) is 1. The largest absolute Gasteiger partial charge is 0.455 e. The lowest BCUT2D eigenvalue weighted by Gasteiger charge is -2.22. The molecule has 25 heavy (non-hydrogen) atoms. The molecule has 0 saturated carbocycles. The summed E-state index contributed by atoms with van der Waals surface area (Å²) in [5, 5.41) is 10.4. The standard InChI is InChI=1S/C20H26O5/c1-12(2)14-5-6-15-10-16(25-19(15)23)7-8-20(4,24)18(22)9-13(3)17(21)11-14/h9-10,14,16,24H,1,5-8,11H2,2-4H3. The molecule has 3 unspecified atom stereocenters. The zero-order chi connectivity index (χ0) is 18.8. The second-order valence-electron chi connectivity index (χ2n) is 7.35. The summed E-state index contributed by atoms with van der Waals surface area (Å²) < 4.78 is 5.31. The van der Waals surface area contributed by atoms with Crippen molar-refractivity contribution in [3.63, 3.8) is 0 Å². The van der Waals surface area contributed by atoms with Gasteiger partial charge < -0.3 is 9.84 Å². The van der Waals surface area contributed by atoms with Gasteiger partial charge in [0.1, 0.15) is 11.7 Å². The van der Waals surface area contributed by atoms with Crippen LogP contribution in [0, 0.1) is 5.92 Å². The molecule has 1 heterocycles. The van der Waals surface area contributed by atoms with Crippen LogP contribution in [0.2, 0.25) is 0 Å². The van der Waals surface area contributed by atoms with Crippen molar-refractivity contribution in [1.82, 2.24) is 0 Å². The van der Waals surface area contributed by atoms with Crippen LogP contribution in [0.25, 0.3) is 0 Å². The van der Waals surface area contributed by atoms with Crippen LogP contribution in [0.15, 0.2) is 35.5 Å². The van der Waals surface area contributed by atoms with E-state index in [1.807, 2.05) is 6.92 Å². The van der Waals surface area contributed by atoms with E-state index in [1.54, 1.807) is 13.0 Å². The van der Waals surface area contributed by atoms with Crippen molar-refractivity contribution in [2.75, 3.05) is 0 Å². The lowest BCUT2D eigenvalue weighted by atomic mass is 9.86. The van der Waals surface area contributed by atoms with Crippen molar-refractivity contribution in [1.29, 1.82) is 0 Å². The van der Waals surface area contributed by atoms with Crippen molar-refractivity contribution in [3.05, 3.63) is 35.5 Å². The molecule has 5 nitrogen and oxygen atoms in total. The van der Waals surface area contributed by atoms with E-state index in [0.29, 0.717) is 30.4 Å². The topological polar surface area (TPSA) is 80.7 Å². The number of rotatable bonds is 1. The molecule has 0 fully saturated rings. The molecule has 0 aromatic carbocycles. The molecule has 1 aliphatic carbocycles. The molecule has 0 amide bonds. The summed E-state index contributed by atoms with van der Waals surface area (Å²) in [5.41, 5.74) is 0.208. The van der Waals surface area contributed by atoms with E-state index in [9.17, 15) is 19.5 Å². The first-order valence-electron chi connectivity index (χ1n) is 8.65. The second-order valence-corrected chi connectivity index (χ2v) is 7.35. The Hall–Kier alpha value is -2.01. The second kappa shape index (κ2) is 7.48. The predicted octanol–water partition coefficient (Wildman–Crippen LogP) is 2.83. The summed E-state index contributed by atoms with van der Waals surface area (Å²) in [6.45, 7) is 8.82. The number of aliphatic hydroxyl groups is 1. The average Bonchev–Trinajstić information content (AvgIpc) is 2.88. The van der Waals surface area contributed by atoms with Crippen LogP contribution in [0.1, 0.15) is 52.9 Å². The maximum absolute atomic E-state index is 12.4. The molecule has 2 aliphatic rings. The van der Waals surface area contributed by atoms with E-state index >= 15 is 0 Å².